The van der Waals surface area contributed by atoms with E-state index < -0.39 is 0 Å². The van der Waals surface area contributed by atoms with Gasteiger partial charge in [-0.15, -0.1) is 16.4 Å². The molecule has 8 heteroatoms. The Morgan fingerprint density at radius 1 is 1.32 bits per heavy atom. The maximum Gasteiger partial charge on any atom is 0.285 e. The molecule has 0 spiro atoms. The Morgan fingerprint density at radius 3 is 2.84 bits per heavy atom. The van der Waals surface area contributed by atoms with E-state index in [0.717, 1.165) is 5.56 Å². The topological polar surface area (TPSA) is 105 Å². The van der Waals surface area contributed by atoms with Gasteiger partial charge in [-0.05, 0) is 12.5 Å². The number of nitrogens with one attached hydrogen (secondary N) is 1. The quantitative estimate of drug-likeness (QED) is 0.610. The molecule has 0 saturated carbocycles. The summed E-state index contributed by atoms with van der Waals surface area (Å²) in [6.45, 7) is 2.21. The molecule has 0 amide bonds. The molecule has 0 radical (unpaired) electrons. The molecule has 3 heterocycles. The second-order valence-corrected chi connectivity index (χ2v) is 6.18. The fraction of sp³-hybridized carbons (Fsp3) is 0.118. The van der Waals surface area contributed by atoms with Crippen molar-refractivity contribution in [1.82, 2.24) is 20.4 Å². The predicted octanol–water partition coefficient (Wildman–Crippen LogP) is 2.87. The van der Waals surface area contributed by atoms with Crippen molar-refractivity contribution in [3.05, 3.63) is 46.2 Å². The molecular formula is C17H11N5O2S. The van der Waals surface area contributed by atoms with Crippen LogP contribution in [0.5, 0.6) is 5.88 Å². The number of pyridine rings is 1. The summed E-state index contributed by atoms with van der Waals surface area (Å²) in [7, 11) is 0. The average molecular weight is 349 g/mol. The number of aromatic amines is 1. The first-order chi connectivity index (χ1) is 12.2. The number of H-pyrrole nitrogens is 1. The van der Waals surface area contributed by atoms with Crippen molar-refractivity contribution in [2.75, 3.05) is 6.61 Å². The Hall–Kier alpha value is -3.31. The Kier molecular flexibility index (Phi) is 3.63. The van der Waals surface area contributed by atoms with Gasteiger partial charge in [0.25, 0.3) is 5.56 Å². The first-order valence-corrected chi connectivity index (χ1v) is 8.36. The molecule has 1 aromatic carbocycles. The number of nitriles is 1. The highest BCUT2D eigenvalue weighted by molar-refractivity contribution is 7.25. The highest BCUT2D eigenvalue weighted by atomic mass is 32.1. The van der Waals surface area contributed by atoms with E-state index >= 15 is 0 Å². The minimum atomic E-state index is -0.330. The van der Waals surface area contributed by atoms with Gasteiger partial charge in [0.05, 0.1) is 6.61 Å². The van der Waals surface area contributed by atoms with Crippen LogP contribution in [0.3, 0.4) is 0 Å². The van der Waals surface area contributed by atoms with Gasteiger partial charge in [0, 0.05) is 10.9 Å². The van der Waals surface area contributed by atoms with Crippen molar-refractivity contribution in [2.24, 2.45) is 0 Å². The lowest BCUT2D eigenvalue weighted by molar-refractivity contribution is 0.327. The van der Waals surface area contributed by atoms with Gasteiger partial charge in [-0.25, -0.2) is 10.1 Å². The van der Waals surface area contributed by atoms with E-state index in [4.69, 9.17) is 4.74 Å². The second-order valence-electron chi connectivity index (χ2n) is 5.18. The van der Waals surface area contributed by atoms with E-state index in [1.54, 1.807) is 0 Å². The summed E-state index contributed by atoms with van der Waals surface area (Å²) in [4.78, 5) is 17.1. The molecule has 3 aromatic heterocycles. The van der Waals surface area contributed by atoms with Crippen LogP contribution in [0.15, 0.2) is 35.1 Å². The Balaban J connectivity index is 2.25. The maximum atomic E-state index is 12.1. The van der Waals surface area contributed by atoms with E-state index in [0.29, 0.717) is 38.2 Å². The van der Waals surface area contributed by atoms with Gasteiger partial charge in [0.1, 0.15) is 26.7 Å². The van der Waals surface area contributed by atoms with E-state index in [9.17, 15) is 10.1 Å². The molecular weight excluding hydrogens is 338 g/mol. The third-order valence-corrected chi connectivity index (χ3v) is 4.82. The fourth-order valence-electron chi connectivity index (χ4n) is 2.75. The standard InChI is InChI=1S/C17H11N5O2S/c1-2-24-16-10(8-18)11(9-6-4-3-5-7-9)12-13-14(25-17(12)19-16)15(23)21-22-20-13/h3-7H,2H2,1H3,(H,20,21,23). The maximum absolute atomic E-state index is 12.1. The molecule has 7 nitrogen and oxygen atoms in total. The van der Waals surface area contributed by atoms with Crippen molar-refractivity contribution in [3.8, 4) is 23.1 Å². The molecule has 0 saturated heterocycles. The molecule has 4 rings (SSSR count). The molecule has 4 aromatic rings. The van der Waals surface area contributed by atoms with E-state index in [2.05, 4.69) is 26.5 Å². The largest absolute Gasteiger partial charge is 0.477 e. The minimum Gasteiger partial charge on any atom is -0.477 e. The molecule has 25 heavy (non-hydrogen) atoms. The zero-order valence-corrected chi connectivity index (χ0v) is 13.9. The molecule has 0 unspecified atom stereocenters. The van der Waals surface area contributed by atoms with E-state index in [1.165, 1.54) is 11.3 Å². The number of fused-ring (bicyclic) bond motifs is 3. The second kappa shape index (κ2) is 5.96. The van der Waals surface area contributed by atoms with Crippen LogP contribution in [-0.4, -0.2) is 27.0 Å². The third-order valence-electron chi connectivity index (χ3n) is 3.74. The van der Waals surface area contributed by atoms with Gasteiger partial charge in [0.2, 0.25) is 5.88 Å². The van der Waals surface area contributed by atoms with Crippen LogP contribution in [0.25, 0.3) is 31.6 Å². The lowest BCUT2D eigenvalue weighted by atomic mass is 9.98. The van der Waals surface area contributed by atoms with Crippen LogP contribution >= 0.6 is 11.3 Å². The number of thiophene rings is 1. The number of hydrogen-bond donors (Lipinski definition) is 1. The molecule has 0 aliphatic heterocycles. The van der Waals surface area contributed by atoms with E-state index in [-0.39, 0.29) is 11.4 Å². The van der Waals surface area contributed by atoms with Crippen molar-refractivity contribution in [1.29, 1.82) is 5.26 Å². The number of rotatable bonds is 3. The fourth-order valence-corrected chi connectivity index (χ4v) is 3.75. The van der Waals surface area contributed by atoms with Gasteiger partial charge in [-0.2, -0.15) is 5.26 Å². The van der Waals surface area contributed by atoms with Crippen LogP contribution < -0.4 is 10.3 Å². The molecule has 0 aliphatic carbocycles. The highest BCUT2D eigenvalue weighted by Gasteiger charge is 2.23. The van der Waals surface area contributed by atoms with Crippen LogP contribution in [0.2, 0.25) is 0 Å². The van der Waals surface area contributed by atoms with Gasteiger partial charge in [-0.3, -0.25) is 4.79 Å². The van der Waals surface area contributed by atoms with Crippen molar-refractivity contribution in [3.63, 3.8) is 0 Å². The first kappa shape index (κ1) is 15.2. The number of benzene rings is 1. The summed E-state index contributed by atoms with van der Waals surface area (Å²) in [6.07, 6.45) is 0. The summed E-state index contributed by atoms with van der Waals surface area (Å²) in [5.74, 6) is 0.257. The zero-order chi connectivity index (χ0) is 17.4. The zero-order valence-electron chi connectivity index (χ0n) is 13.1. The highest BCUT2D eigenvalue weighted by Crippen LogP contribution is 2.41. The van der Waals surface area contributed by atoms with Gasteiger partial charge < -0.3 is 4.74 Å². The molecule has 0 atom stereocenters. The third kappa shape index (κ3) is 2.33. The van der Waals surface area contributed by atoms with Crippen molar-refractivity contribution >= 4 is 31.8 Å². The lowest BCUT2D eigenvalue weighted by Gasteiger charge is -2.11. The van der Waals surface area contributed by atoms with Crippen LogP contribution in [0.4, 0.5) is 0 Å². The smallest absolute Gasteiger partial charge is 0.285 e. The van der Waals surface area contributed by atoms with Crippen molar-refractivity contribution in [2.45, 2.75) is 6.92 Å². The van der Waals surface area contributed by atoms with Crippen LogP contribution in [0, 0.1) is 11.3 Å². The summed E-state index contributed by atoms with van der Waals surface area (Å²) < 4.78 is 6.00. The van der Waals surface area contributed by atoms with Gasteiger partial charge in [-0.1, -0.05) is 35.5 Å². The number of aromatic nitrogens is 4. The monoisotopic (exact) mass is 349 g/mol. The van der Waals surface area contributed by atoms with E-state index in [1.807, 2.05) is 37.3 Å². The normalized spacial score (nSPS) is 10.9. The average Bonchev–Trinajstić information content (AvgIpc) is 3.01. The molecule has 0 fully saturated rings. The SMILES string of the molecule is CCOc1nc2sc3c(=O)[nH]nnc3c2c(-c2ccccc2)c1C#N. The van der Waals surface area contributed by atoms with Gasteiger partial charge >= 0.3 is 0 Å². The van der Waals surface area contributed by atoms with Crippen LogP contribution in [-0.2, 0) is 0 Å². The lowest BCUT2D eigenvalue weighted by Crippen LogP contribution is -2.07. The summed E-state index contributed by atoms with van der Waals surface area (Å²) in [5.41, 5.74) is 1.91. The summed E-state index contributed by atoms with van der Waals surface area (Å²) >= 11 is 1.21. The van der Waals surface area contributed by atoms with Crippen molar-refractivity contribution < 1.29 is 4.74 Å². The Labute approximate surface area is 145 Å². The molecule has 0 bridgehead atoms. The Bertz CT molecular complexity index is 1190. The Morgan fingerprint density at radius 2 is 2.12 bits per heavy atom. The number of ether oxygens (including phenoxy) is 1. The molecule has 122 valence electrons. The van der Waals surface area contributed by atoms with Crippen LogP contribution in [0.1, 0.15) is 12.5 Å². The molecule has 0 aliphatic rings. The molecule has 1 N–H and O–H groups in total. The van der Waals surface area contributed by atoms with Gasteiger partial charge in [0.15, 0.2) is 0 Å². The summed E-state index contributed by atoms with van der Waals surface area (Å²) in [6, 6.07) is 11.7. The minimum absolute atomic E-state index is 0.257. The number of hydrogen-bond acceptors (Lipinski definition) is 7. The number of nitrogens with zero attached hydrogens (tertiary/aromatic N) is 4. The predicted molar refractivity (Wildman–Crippen MR) is 94.7 cm³/mol. The first-order valence-electron chi connectivity index (χ1n) is 7.54. The summed E-state index contributed by atoms with van der Waals surface area (Å²) in [5, 5.41) is 20.5.